The molecule has 1 saturated carbocycles. The minimum absolute atomic E-state index is 0.0657. The molecule has 2 aromatic rings. The van der Waals surface area contributed by atoms with Crippen LogP contribution in [0.25, 0.3) is 5.69 Å². The van der Waals surface area contributed by atoms with Gasteiger partial charge in [-0.1, -0.05) is 30.2 Å². The van der Waals surface area contributed by atoms with Crippen LogP contribution in [0.4, 0.5) is 0 Å². The Morgan fingerprint density at radius 3 is 2.64 bits per heavy atom. The van der Waals surface area contributed by atoms with Gasteiger partial charge >= 0.3 is 5.97 Å². The van der Waals surface area contributed by atoms with E-state index >= 15 is 0 Å². The summed E-state index contributed by atoms with van der Waals surface area (Å²) in [4.78, 5) is 23.9. The molecule has 1 amide bonds. The number of aromatic nitrogens is 3. The van der Waals surface area contributed by atoms with Gasteiger partial charge in [-0.05, 0) is 44.4 Å². The highest BCUT2D eigenvalue weighted by atomic mass is 16.4. The van der Waals surface area contributed by atoms with Gasteiger partial charge in [0.15, 0.2) is 5.69 Å². The number of nitrogens with one attached hydrogen (secondary N) is 1. The van der Waals surface area contributed by atoms with E-state index in [0.717, 1.165) is 24.1 Å². The topological polar surface area (TPSA) is 97.1 Å². The molecule has 132 valence electrons. The third-order valence-corrected chi connectivity index (χ3v) is 4.78. The van der Waals surface area contributed by atoms with E-state index in [9.17, 15) is 14.7 Å². The number of benzene rings is 1. The second-order valence-corrected chi connectivity index (χ2v) is 6.79. The maximum atomic E-state index is 12.7. The van der Waals surface area contributed by atoms with Gasteiger partial charge in [-0.3, -0.25) is 9.59 Å². The highest BCUT2D eigenvalue weighted by molar-refractivity contribution is 5.94. The van der Waals surface area contributed by atoms with Crippen molar-refractivity contribution in [1.82, 2.24) is 20.3 Å². The zero-order chi connectivity index (χ0) is 18.0. The minimum atomic E-state index is -0.901. The predicted octanol–water partition coefficient (Wildman–Crippen LogP) is 2.40. The van der Waals surface area contributed by atoms with Crippen LogP contribution in [0.5, 0.6) is 0 Å². The molecule has 1 aromatic heterocycles. The summed E-state index contributed by atoms with van der Waals surface area (Å²) in [6.45, 7) is 3.77. The summed E-state index contributed by atoms with van der Waals surface area (Å²) < 4.78 is 1.63. The van der Waals surface area contributed by atoms with Gasteiger partial charge in [-0.25, -0.2) is 4.68 Å². The van der Waals surface area contributed by atoms with Crippen LogP contribution in [0, 0.1) is 13.8 Å². The third-order valence-electron chi connectivity index (χ3n) is 4.78. The van der Waals surface area contributed by atoms with E-state index in [-0.39, 0.29) is 18.0 Å². The lowest BCUT2D eigenvalue weighted by atomic mass is 9.93. The van der Waals surface area contributed by atoms with Gasteiger partial charge in [-0.15, -0.1) is 5.10 Å². The molecular weight excluding hydrogens is 320 g/mol. The number of aliphatic carboxylic acids is 1. The number of nitrogens with zero attached hydrogens (tertiary/aromatic N) is 3. The number of rotatable bonds is 5. The summed E-state index contributed by atoms with van der Waals surface area (Å²) in [6, 6.07) is 7.77. The zero-order valence-corrected chi connectivity index (χ0v) is 14.5. The molecule has 7 nitrogen and oxygen atoms in total. The van der Waals surface area contributed by atoms with Gasteiger partial charge in [-0.2, -0.15) is 0 Å². The van der Waals surface area contributed by atoms with Crippen molar-refractivity contribution < 1.29 is 14.7 Å². The first kappa shape index (κ1) is 17.1. The third kappa shape index (κ3) is 3.55. The second kappa shape index (κ2) is 6.66. The average molecular weight is 342 g/mol. The van der Waals surface area contributed by atoms with Crippen molar-refractivity contribution in [3.05, 3.63) is 41.2 Å². The van der Waals surface area contributed by atoms with Gasteiger partial charge in [0, 0.05) is 0 Å². The number of carboxylic acid groups (broad SMARTS) is 1. The number of carbonyl (C=O) groups excluding carboxylic acids is 1. The van der Waals surface area contributed by atoms with Crippen molar-refractivity contribution in [1.29, 1.82) is 0 Å². The van der Waals surface area contributed by atoms with Gasteiger partial charge in [0.25, 0.3) is 5.91 Å². The van der Waals surface area contributed by atoms with Crippen LogP contribution >= 0.6 is 0 Å². The summed E-state index contributed by atoms with van der Waals surface area (Å²) >= 11 is 0. The monoisotopic (exact) mass is 342 g/mol. The molecule has 1 aromatic carbocycles. The van der Waals surface area contributed by atoms with Crippen molar-refractivity contribution in [2.24, 2.45) is 0 Å². The SMILES string of the molecule is Cc1cccc(-n2nnc(C(=O)NC3(CC(=O)O)CCCC3)c2C)c1. The summed E-state index contributed by atoms with van der Waals surface area (Å²) in [5.74, 6) is -1.26. The Morgan fingerprint density at radius 2 is 2.00 bits per heavy atom. The number of aryl methyl sites for hydroxylation is 1. The highest BCUT2D eigenvalue weighted by Gasteiger charge is 2.38. The highest BCUT2D eigenvalue weighted by Crippen LogP contribution is 2.33. The van der Waals surface area contributed by atoms with E-state index in [1.54, 1.807) is 11.6 Å². The fourth-order valence-electron chi connectivity index (χ4n) is 3.53. The molecular formula is C18H22N4O3. The smallest absolute Gasteiger partial charge is 0.305 e. The van der Waals surface area contributed by atoms with Crippen LogP contribution < -0.4 is 5.32 Å². The predicted molar refractivity (Wildman–Crippen MR) is 91.8 cm³/mol. The fourth-order valence-corrected chi connectivity index (χ4v) is 3.53. The second-order valence-electron chi connectivity index (χ2n) is 6.79. The Bertz CT molecular complexity index is 806. The van der Waals surface area contributed by atoms with Crippen LogP contribution in [0.2, 0.25) is 0 Å². The molecule has 25 heavy (non-hydrogen) atoms. The Morgan fingerprint density at radius 1 is 1.28 bits per heavy atom. The molecule has 2 N–H and O–H groups in total. The molecule has 0 saturated heterocycles. The normalized spacial score (nSPS) is 15.9. The van der Waals surface area contributed by atoms with Gasteiger partial charge in [0.2, 0.25) is 0 Å². The summed E-state index contributed by atoms with van der Waals surface area (Å²) in [6.07, 6.45) is 3.13. The molecule has 0 atom stereocenters. The molecule has 0 radical (unpaired) electrons. The van der Waals surface area contributed by atoms with E-state index in [1.807, 2.05) is 31.2 Å². The molecule has 0 aliphatic heterocycles. The van der Waals surface area contributed by atoms with E-state index in [0.29, 0.717) is 18.5 Å². The van der Waals surface area contributed by atoms with E-state index < -0.39 is 11.5 Å². The molecule has 1 aliphatic carbocycles. The number of carboxylic acids is 1. The van der Waals surface area contributed by atoms with E-state index in [1.165, 1.54) is 0 Å². The summed E-state index contributed by atoms with van der Waals surface area (Å²) in [5.41, 5.74) is 2.11. The quantitative estimate of drug-likeness (QED) is 0.869. The van der Waals surface area contributed by atoms with E-state index in [4.69, 9.17) is 0 Å². The Labute approximate surface area is 146 Å². The molecule has 0 spiro atoms. The molecule has 3 rings (SSSR count). The molecule has 7 heteroatoms. The lowest BCUT2D eigenvalue weighted by Crippen LogP contribution is -2.48. The molecule has 1 aliphatic rings. The van der Waals surface area contributed by atoms with Crippen LogP contribution in [0.3, 0.4) is 0 Å². The van der Waals surface area contributed by atoms with Crippen LogP contribution in [0.15, 0.2) is 24.3 Å². The van der Waals surface area contributed by atoms with Crippen molar-refractivity contribution >= 4 is 11.9 Å². The van der Waals surface area contributed by atoms with Gasteiger partial charge < -0.3 is 10.4 Å². The largest absolute Gasteiger partial charge is 0.481 e. The maximum Gasteiger partial charge on any atom is 0.305 e. The van der Waals surface area contributed by atoms with Crippen LogP contribution in [-0.2, 0) is 4.79 Å². The van der Waals surface area contributed by atoms with Crippen molar-refractivity contribution in [2.45, 2.75) is 51.5 Å². The first-order chi connectivity index (χ1) is 11.9. The standard InChI is InChI=1S/C18H22N4O3/c1-12-6-5-7-14(10-12)22-13(2)16(20-21-22)17(25)19-18(11-15(23)24)8-3-4-9-18/h5-7,10H,3-4,8-9,11H2,1-2H3,(H,19,25)(H,23,24). The molecule has 1 heterocycles. The number of hydrogen-bond acceptors (Lipinski definition) is 4. The zero-order valence-electron chi connectivity index (χ0n) is 14.5. The Hall–Kier alpha value is -2.70. The average Bonchev–Trinajstić information content (AvgIpc) is 3.13. The number of amides is 1. The van der Waals surface area contributed by atoms with Crippen molar-refractivity contribution in [3.8, 4) is 5.69 Å². The fraction of sp³-hybridized carbons (Fsp3) is 0.444. The van der Waals surface area contributed by atoms with Crippen molar-refractivity contribution in [3.63, 3.8) is 0 Å². The van der Waals surface area contributed by atoms with Gasteiger partial charge in [0.05, 0.1) is 23.3 Å². The Kier molecular flexibility index (Phi) is 4.57. The lowest BCUT2D eigenvalue weighted by molar-refractivity contribution is -0.138. The molecule has 0 bridgehead atoms. The minimum Gasteiger partial charge on any atom is -0.481 e. The number of carbonyl (C=O) groups is 2. The molecule has 1 fully saturated rings. The lowest BCUT2D eigenvalue weighted by Gasteiger charge is -2.28. The Balaban J connectivity index is 1.84. The molecule has 0 unspecified atom stereocenters. The maximum absolute atomic E-state index is 12.7. The summed E-state index contributed by atoms with van der Waals surface area (Å²) in [7, 11) is 0. The summed E-state index contributed by atoms with van der Waals surface area (Å²) in [5, 5.41) is 20.2. The van der Waals surface area contributed by atoms with Gasteiger partial charge in [0.1, 0.15) is 0 Å². The van der Waals surface area contributed by atoms with Crippen LogP contribution in [-0.4, -0.2) is 37.5 Å². The number of hydrogen-bond donors (Lipinski definition) is 2. The van der Waals surface area contributed by atoms with Crippen molar-refractivity contribution in [2.75, 3.05) is 0 Å². The first-order valence-corrected chi connectivity index (χ1v) is 8.44. The van der Waals surface area contributed by atoms with Crippen LogP contribution in [0.1, 0.15) is 53.8 Å². The van der Waals surface area contributed by atoms with E-state index in [2.05, 4.69) is 15.6 Å². The first-order valence-electron chi connectivity index (χ1n) is 8.44.